The Balaban J connectivity index is 1.53. The maximum absolute atomic E-state index is 14.3. The van der Waals surface area contributed by atoms with E-state index < -0.39 is 24.1 Å². The van der Waals surface area contributed by atoms with Gasteiger partial charge in [-0.3, -0.25) is 0 Å². The quantitative estimate of drug-likeness (QED) is 0.284. The van der Waals surface area contributed by atoms with E-state index in [2.05, 4.69) is 10.4 Å². The van der Waals surface area contributed by atoms with Gasteiger partial charge in [-0.15, -0.1) is 0 Å². The minimum Gasteiger partial charge on any atom is -0.381 e. The first-order chi connectivity index (χ1) is 16.7. The van der Waals surface area contributed by atoms with Crippen LogP contribution in [0.1, 0.15) is 11.1 Å². The van der Waals surface area contributed by atoms with Crippen LogP contribution in [0.25, 0.3) is 27.4 Å². The first kappa shape index (κ1) is 22.9. The van der Waals surface area contributed by atoms with Crippen LogP contribution in [0.15, 0.2) is 85.1 Å². The van der Waals surface area contributed by atoms with Gasteiger partial charge in [0, 0.05) is 16.5 Å². The number of alkyl halides is 3. The highest BCUT2D eigenvalue weighted by molar-refractivity contribution is 5.95. The van der Waals surface area contributed by atoms with Gasteiger partial charge in [0.15, 0.2) is 0 Å². The molecule has 4 nitrogen and oxygen atoms in total. The number of halogens is 4. The zero-order valence-electron chi connectivity index (χ0n) is 18.6. The van der Waals surface area contributed by atoms with Crippen LogP contribution in [0.3, 0.4) is 0 Å². The predicted molar refractivity (Wildman–Crippen MR) is 128 cm³/mol. The van der Waals surface area contributed by atoms with Gasteiger partial charge in [-0.1, -0.05) is 42.5 Å². The molecule has 2 N–H and O–H groups in total. The van der Waals surface area contributed by atoms with E-state index >= 15 is 0 Å². The molecule has 0 radical (unpaired) electrons. The van der Waals surface area contributed by atoms with E-state index in [1.54, 1.807) is 6.92 Å². The summed E-state index contributed by atoms with van der Waals surface area (Å²) in [5.74, 6) is -0.406. The molecule has 0 aliphatic carbocycles. The van der Waals surface area contributed by atoms with Crippen molar-refractivity contribution < 1.29 is 22.7 Å². The fourth-order valence-corrected chi connectivity index (χ4v) is 4.28. The van der Waals surface area contributed by atoms with Gasteiger partial charge >= 0.3 is 6.18 Å². The van der Waals surface area contributed by atoms with Crippen LogP contribution in [-0.2, 0) is 5.60 Å². The number of hydrogen-bond acceptors (Lipinski definition) is 3. The first-order valence-corrected chi connectivity index (χ1v) is 10.9. The summed E-state index contributed by atoms with van der Waals surface area (Å²) in [6, 6.07) is 20.7. The fraction of sp³-hybridized carbons (Fsp3) is 0.148. The van der Waals surface area contributed by atoms with E-state index in [0.717, 1.165) is 16.3 Å². The highest BCUT2D eigenvalue weighted by Gasteiger charge is 2.55. The molecule has 178 valence electrons. The van der Waals surface area contributed by atoms with Crippen LogP contribution in [0.4, 0.5) is 23.2 Å². The second-order valence-corrected chi connectivity index (χ2v) is 8.50. The molecule has 0 bridgehead atoms. The van der Waals surface area contributed by atoms with Crippen molar-refractivity contribution in [1.82, 2.24) is 9.78 Å². The highest BCUT2D eigenvalue weighted by Crippen LogP contribution is 2.41. The summed E-state index contributed by atoms with van der Waals surface area (Å²) >= 11 is 0. The highest BCUT2D eigenvalue weighted by atomic mass is 19.4. The smallest absolute Gasteiger partial charge is 0.381 e. The maximum Gasteiger partial charge on any atom is 0.423 e. The van der Waals surface area contributed by atoms with E-state index in [1.165, 1.54) is 53.3 Å². The summed E-state index contributed by atoms with van der Waals surface area (Å²) in [7, 11) is 0. The minimum absolute atomic E-state index is 0.304. The molecule has 0 fully saturated rings. The Morgan fingerprint density at radius 1 is 0.914 bits per heavy atom. The number of nitrogens with one attached hydrogen (secondary N) is 1. The third-order valence-electron chi connectivity index (χ3n) is 6.24. The number of aryl methyl sites for hydroxylation is 1. The maximum atomic E-state index is 14.3. The van der Waals surface area contributed by atoms with Gasteiger partial charge in [0.2, 0.25) is 5.60 Å². The summed E-state index contributed by atoms with van der Waals surface area (Å²) in [6.07, 6.45) is -3.53. The molecule has 5 rings (SSSR count). The fourth-order valence-electron chi connectivity index (χ4n) is 4.28. The molecule has 0 amide bonds. The average molecular weight is 479 g/mol. The van der Waals surface area contributed by atoms with Crippen LogP contribution in [-0.4, -0.2) is 27.6 Å². The molecule has 1 atom stereocenters. The molecule has 4 aromatic carbocycles. The van der Waals surface area contributed by atoms with Gasteiger partial charge in [-0.2, -0.15) is 18.3 Å². The Bertz CT molecular complexity index is 1530. The Morgan fingerprint density at radius 2 is 1.66 bits per heavy atom. The summed E-state index contributed by atoms with van der Waals surface area (Å²) in [5, 5.41) is 20.2. The van der Waals surface area contributed by atoms with Crippen molar-refractivity contribution in [3.8, 4) is 5.69 Å². The molecular weight excluding hydrogens is 458 g/mol. The number of aliphatic hydroxyl groups is 1. The van der Waals surface area contributed by atoms with Crippen LogP contribution >= 0.6 is 0 Å². The van der Waals surface area contributed by atoms with Gasteiger partial charge in [-0.05, 0) is 59.8 Å². The molecule has 0 saturated heterocycles. The number of rotatable bonds is 5. The number of aromatic nitrogens is 2. The van der Waals surface area contributed by atoms with Crippen molar-refractivity contribution in [2.45, 2.75) is 18.7 Å². The van der Waals surface area contributed by atoms with Crippen LogP contribution < -0.4 is 5.32 Å². The third-order valence-corrected chi connectivity index (χ3v) is 6.24. The lowest BCUT2D eigenvalue weighted by molar-refractivity contribution is -0.260. The van der Waals surface area contributed by atoms with Crippen LogP contribution in [0.5, 0.6) is 0 Å². The molecule has 8 heteroatoms. The monoisotopic (exact) mass is 479 g/mol. The van der Waals surface area contributed by atoms with Crippen molar-refractivity contribution in [1.29, 1.82) is 0 Å². The Morgan fingerprint density at radius 3 is 2.40 bits per heavy atom. The van der Waals surface area contributed by atoms with Crippen molar-refractivity contribution in [3.63, 3.8) is 0 Å². The van der Waals surface area contributed by atoms with Crippen molar-refractivity contribution >= 4 is 27.4 Å². The number of fused-ring (bicyclic) bond motifs is 2. The predicted octanol–water partition coefficient (Wildman–Crippen LogP) is 6.49. The number of hydrogen-bond donors (Lipinski definition) is 2. The molecule has 5 aromatic rings. The minimum atomic E-state index is -4.95. The Kier molecular flexibility index (Phi) is 5.48. The van der Waals surface area contributed by atoms with Crippen molar-refractivity contribution in [2.75, 3.05) is 11.9 Å². The summed E-state index contributed by atoms with van der Waals surface area (Å²) in [5.41, 5.74) is -1.06. The number of anilines is 1. The van der Waals surface area contributed by atoms with E-state index in [-0.39, 0.29) is 5.56 Å². The van der Waals surface area contributed by atoms with Crippen molar-refractivity contribution in [3.05, 3.63) is 102 Å². The van der Waals surface area contributed by atoms with E-state index in [1.807, 2.05) is 36.4 Å². The Labute approximate surface area is 198 Å². The number of nitrogens with zero attached hydrogens (tertiary/aromatic N) is 2. The Hall–Kier alpha value is -3.91. The molecule has 1 aromatic heterocycles. The lowest BCUT2D eigenvalue weighted by Gasteiger charge is -2.32. The first-order valence-electron chi connectivity index (χ1n) is 10.9. The molecule has 0 aliphatic heterocycles. The zero-order chi connectivity index (χ0) is 24.8. The second-order valence-electron chi connectivity index (χ2n) is 8.50. The van der Waals surface area contributed by atoms with Crippen LogP contribution in [0, 0.1) is 12.7 Å². The topological polar surface area (TPSA) is 50.1 Å². The molecule has 1 heterocycles. The van der Waals surface area contributed by atoms with Gasteiger partial charge < -0.3 is 10.4 Å². The molecular formula is C27H21F4N3O. The van der Waals surface area contributed by atoms with Gasteiger partial charge in [0.25, 0.3) is 0 Å². The summed E-state index contributed by atoms with van der Waals surface area (Å²) < 4.78 is 57.6. The molecule has 0 aliphatic rings. The van der Waals surface area contributed by atoms with E-state index in [9.17, 15) is 22.7 Å². The van der Waals surface area contributed by atoms with Gasteiger partial charge in [0.05, 0.1) is 23.9 Å². The van der Waals surface area contributed by atoms with E-state index in [4.69, 9.17) is 0 Å². The standard InChI is InChI=1S/C27H21F4N3O/c1-17-6-7-18-4-2-3-5-23(18)25(17)32-16-26(35,27(29,30)31)20-8-13-24-19(14-20)15-33-34(24)22-11-9-21(28)10-12-22/h2-15,32,35H,16H2,1H3. The van der Waals surface area contributed by atoms with E-state index in [0.29, 0.717) is 22.3 Å². The summed E-state index contributed by atoms with van der Waals surface area (Å²) in [4.78, 5) is 0. The van der Waals surface area contributed by atoms with Gasteiger partial charge in [0.1, 0.15) is 5.82 Å². The zero-order valence-corrected chi connectivity index (χ0v) is 18.6. The molecule has 0 saturated carbocycles. The molecule has 0 spiro atoms. The largest absolute Gasteiger partial charge is 0.423 e. The average Bonchev–Trinajstić information content (AvgIpc) is 3.26. The summed E-state index contributed by atoms with van der Waals surface area (Å²) in [6.45, 7) is 1.03. The van der Waals surface area contributed by atoms with Gasteiger partial charge in [-0.25, -0.2) is 9.07 Å². The normalized spacial score (nSPS) is 13.8. The molecule has 35 heavy (non-hydrogen) atoms. The molecule has 1 unspecified atom stereocenters. The van der Waals surface area contributed by atoms with Crippen LogP contribution in [0.2, 0.25) is 0 Å². The van der Waals surface area contributed by atoms with Crippen molar-refractivity contribution in [2.24, 2.45) is 0 Å². The number of benzene rings is 4. The SMILES string of the molecule is Cc1ccc2ccccc2c1NCC(O)(c1ccc2c(cnn2-c2ccc(F)cc2)c1)C(F)(F)F. The lowest BCUT2D eigenvalue weighted by Crippen LogP contribution is -2.47. The second kappa shape index (κ2) is 8.39. The lowest BCUT2D eigenvalue weighted by atomic mass is 9.91. The third kappa shape index (κ3) is 4.00.